The Labute approximate surface area is 125 Å². The van der Waals surface area contributed by atoms with Crippen LogP contribution < -0.4 is 5.32 Å². The fourth-order valence-electron chi connectivity index (χ4n) is 2.39. The molecule has 2 amide bonds. The van der Waals surface area contributed by atoms with Crippen LogP contribution in [0.2, 0.25) is 0 Å². The molecular formula is C14H26N2O3S. The van der Waals surface area contributed by atoms with Crippen LogP contribution in [0.4, 0.5) is 4.79 Å². The zero-order valence-electron chi connectivity index (χ0n) is 12.8. The predicted octanol–water partition coefficient (Wildman–Crippen LogP) is 2.41. The number of urea groups is 1. The van der Waals surface area contributed by atoms with Crippen molar-refractivity contribution < 1.29 is 14.7 Å². The van der Waals surface area contributed by atoms with Crippen LogP contribution in [0.25, 0.3) is 0 Å². The average molecular weight is 302 g/mol. The van der Waals surface area contributed by atoms with Gasteiger partial charge in [0.15, 0.2) is 0 Å². The van der Waals surface area contributed by atoms with E-state index in [1.54, 1.807) is 4.90 Å². The van der Waals surface area contributed by atoms with Crippen molar-refractivity contribution >= 4 is 23.8 Å². The first-order valence-corrected chi connectivity index (χ1v) is 8.11. The number of amides is 2. The summed E-state index contributed by atoms with van der Waals surface area (Å²) < 4.78 is 0. The van der Waals surface area contributed by atoms with Crippen molar-refractivity contribution in [3.8, 4) is 0 Å². The first kappa shape index (κ1) is 17.1. The van der Waals surface area contributed by atoms with Crippen molar-refractivity contribution in [2.75, 3.05) is 18.8 Å². The molecule has 0 radical (unpaired) electrons. The Morgan fingerprint density at radius 3 is 2.60 bits per heavy atom. The smallest absolute Gasteiger partial charge is 0.317 e. The van der Waals surface area contributed by atoms with E-state index in [1.807, 2.05) is 32.5 Å². The van der Waals surface area contributed by atoms with E-state index in [4.69, 9.17) is 5.11 Å². The molecule has 1 saturated heterocycles. The number of hydrogen-bond acceptors (Lipinski definition) is 3. The largest absolute Gasteiger partial charge is 0.481 e. The molecule has 0 saturated carbocycles. The van der Waals surface area contributed by atoms with Gasteiger partial charge in [-0.2, -0.15) is 11.8 Å². The number of carboxylic acids is 1. The summed E-state index contributed by atoms with van der Waals surface area (Å²) in [6, 6.07) is -0.447. The van der Waals surface area contributed by atoms with Crippen LogP contribution in [0.3, 0.4) is 0 Å². The first-order chi connectivity index (χ1) is 9.17. The molecule has 2 atom stereocenters. The van der Waals surface area contributed by atoms with Crippen LogP contribution >= 0.6 is 11.8 Å². The number of nitrogens with one attached hydrogen (secondary N) is 1. The maximum absolute atomic E-state index is 12.2. The summed E-state index contributed by atoms with van der Waals surface area (Å²) in [5, 5.41) is 12.3. The minimum Gasteiger partial charge on any atom is -0.481 e. The molecule has 5 nitrogen and oxygen atoms in total. The average Bonchev–Trinajstić information content (AvgIpc) is 2.25. The van der Waals surface area contributed by atoms with Crippen LogP contribution in [-0.2, 0) is 4.79 Å². The SMILES string of the molecule is CC1CN(C(=O)NC(CC(=O)O)CC(C)(C)C)CCS1. The van der Waals surface area contributed by atoms with Crippen LogP contribution in [0, 0.1) is 5.41 Å². The van der Waals surface area contributed by atoms with Gasteiger partial charge < -0.3 is 15.3 Å². The monoisotopic (exact) mass is 302 g/mol. The number of carbonyl (C=O) groups is 2. The van der Waals surface area contributed by atoms with E-state index in [0.717, 1.165) is 18.8 Å². The highest BCUT2D eigenvalue weighted by Crippen LogP contribution is 2.23. The number of nitrogens with zero attached hydrogens (tertiary/aromatic N) is 1. The maximum atomic E-state index is 12.2. The lowest BCUT2D eigenvalue weighted by atomic mass is 9.87. The Bertz CT molecular complexity index is 355. The number of aliphatic carboxylic acids is 1. The highest BCUT2D eigenvalue weighted by atomic mass is 32.2. The van der Waals surface area contributed by atoms with Gasteiger partial charge in [-0.15, -0.1) is 0 Å². The van der Waals surface area contributed by atoms with Gasteiger partial charge in [0, 0.05) is 30.1 Å². The van der Waals surface area contributed by atoms with Gasteiger partial charge in [-0.25, -0.2) is 4.79 Å². The lowest BCUT2D eigenvalue weighted by molar-refractivity contribution is -0.137. The lowest BCUT2D eigenvalue weighted by Gasteiger charge is -2.33. The molecule has 1 rings (SSSR count). The van der Waals surface area contributed by atoms with Gasteiger partial charge in [0.25, 0.3) is 0 Å². The molecule has 116 valence electrons. The molecule has 1 fully saturated rings. The molecule has 2 unspecified atom stereocenters. The minimum atomic E-state index is -0.873. The second-order valence-electron chi connectivity index (χ2n) is 6.64. The normalized spacial score (nSPS) is 21.4. The van der Waals surface area contributed by atoms with E-state index >= 15 is 0 Å². The summed E-state index contributed by atoms with van der Waals surface area (Å²) in [5.41, 5.74) is -0.0154. The van der Waals surface area contributed by atoms with E-state index < -0.39 is 5.97 Å². The third-order valence-electron chi connectivity index (χ3n) is 3.14. The van der Waals surface area contributed by atoms with Gasteiger partial charge in [0.1, 0.15) is 0 Å². The third-order valence-corrected chi connectivity index (χ3v) is 4.27. The van der Waals surface area contributed by atoms with Crippen molar-refractivity contribution in [3.05, 3.63) is 0 Å². The van der Waals surface area contributed by atoms with Crippen molar-refractivity contribution in [3.63, 3.8) is 0 Å². The number of carboxylic acid groups (broad SMARTS) is 1. The van der Waals surface area contributed by atoms with Crippen molar-refractivity contribution in [1.82, 2.24) is 10.2 Å². The second-order valence-corrected chi connectivity index (χ2v) is 8.18. The Hall–Kier alpha value is -0.910. The second kappa shape index (κ2) is 7.20. The first-order valence-electron chi connectivity index (χ1n) is 7.06. The maximum Gasteiger partial charge on any atom is 0.317 e. The van der Waals surface area contributed by atoms with Gasteiger partial charge in [0.2, 0.25) is 0 Å². The highest BCUT2D eigenvalue weighted by Gasteiger charge is 2.26. The van der Waals surface area contributed by atoms with Crippen LogP contribution in [0.15, 0.2) is 0 Å². The molecule has 0 aromatic carbocycles. The van der Waals surface area contributed by atoms with Crippen molar-refractivity contribution in [2.24, 2.45) is 5.41 Å². The molecule has 1 heterocycles. The number of carbonyl (C=O) groups excluding carboxylic acids is 1. The van der Waals surface area contributed by atoms with E-state index in [0.29, 0.717) is 11.7 Å². The molecule has 6 heteroatoms. The van der Waals surface area contributed by atoms with Gasteiger partial charge in [-0.3, -0.25) is 4.79 Å². The summed E-state index contributed by atoms with van der Waals surface area (Å²) in [6.45, 7) is 9.71. The zero-order valence-corrected chi connectivity index (χ0v) is 13.6. The highest BCUT2D eigenvalue weighted by molar-refractivity contribution is 7.99. The Morgan fingerprint density at radius 2 is 2.10 bits per heavy atom. The fraction of sp³-hybridized carbons (Fsp3) is 0.857. The fourth-order valence-corrected chi connectivity index (χ4v) is 3.41. The van der Waals surface area contributed by atoms with E-state index in [1.165, 1.54) is 0 Å². The number of rotatable bonds is 4. The quantitative estimate of drug-likeness (QED) is 0.836. The summed E-state index contributed by atoms with van der Waals surface area (Å²) in [5.74, 6) is 0.0689. The molecule has 20 heavy (non-hydrogen) atoms. The summed E-state index contributed by atoms with van der Waals surface area (Å²) in [7, 11) is 0. The molecular weight excluding hydrogens is 276 g/mol. The molecule has 0 spiro atoms. The van der Waals surface area contributed by atoms with Crippen LogP contribution in [0.1, 0.15) is 40.5 Å². The van der Waals surface area contributed by atoms with E-state index in [9.17, 15) is 9.59 Å². The molecule has 0 bridgehead atoms. The summed E-state index contributed by atoms with van der Waals surface area (Å²) >= 11 is 1.86. The summed E-state index contributed by atoms with van der Waals surface area (Å²) in [6.07, 6.45) is 0.629. The van der Waals surface area contributed by atoms with Crippen LogP contribution in [0.5, 0.6) is 0 Å². The third kappa shape index (κ3) is 6.50. The molecule has 0 aromatic heterocycles. The number of hydrogen-bond donors (Lipinski definition) is 2. The van der Waals surface area contributed by atoms with E-state index in [-0.39, 0.29) is 23.9 Å². The standard InChI is InChI=1S/C14H26N2O3S/c1-10-9-16(5-6-20-10)13(19)15-11(7-12(17)18)8-14(2,3)4/h10-11H,5-9H2,1-4H3,(H,15,19)(H,17,18). The molecule has 0 aliphatic carbocycles. The molecule has 1 aliphatic heterocycles. The molecule has 0 aromatic rings. The lowest BCUT2D eigenvalue weighted by Crippen LogP contribution is -2.50. The van der Waals surface area contributed by atoms with Gasteiger partial charge in [-0.1, -0.05) is 27.7 Å². The number of thioether (sulfide) groups is 1. The van der Waals surface area contributed by atoms with E-state index in [2.05, 4.69) is 12.2 Å². The topological polar surface area (TPSA) is 69.6 Å². The van der Waals surface area contributed by atoms with Gasteiger partial charge in [0.05, 0.1) is 6.42 Å². The molecule has 2 N–H and O–H groups in total. The Balaban J connectivity index is 2.58. The minimum absolute atomic E-state index is 0.0154. The Kier molecular flexibility index (Phi) is 6.17. The van der Waals surface area contributed by atoms with Crippen molar-refractivity contribution in [2.45, 2.75) is 51.8 Å². The van der Waals surface area contributed by atoms with Crippen molar-refractivity contribution in [1.29, 1.82) is 0 Å². The Morgan fingerprint density at radius 1 is 1.45 bits per heavy atom. The summed E-state index contributed by atoms with van der Waals surface area (Å²) in [4.78, 5) is 25.0. The zero-order chi connectivity index (χ0) is 15.3. The van der Waals surface area contributed by atoms with Gasteiger partial charge in [-0.05, 0) is 11.8 Å². The molecule has 1 aliphatic rings. The van der Waals surface area contributed by atoms with Gasteiger partial charge >= 0.3 is 12.0 Å². The predicted molar refractivity (Wildman–Crippen MR) is 82.1 cm³/mol. The van der Waals surface area contributed by atoms with Crippen LogP contribution in [-0.4, -0.2) is 52.1 Å².